The summed E-state index contributed by atoms with van der Waals surface area (Å²) in [6.07, 6.45) is 1.33. The normalized spacial score (nSPS) is 10.6. The van der Waals surface area contributed by atoms with Gasteiger partial charge in [-0.1, -0.05) is 35.3 Å². The van der Waals surface area contributed by atoms with E-state index in [1.807, 2.05) is 0 Å². The van der Waals surface area contributed by atoms with Crippen LogP contribution in [0, 0.1) is 5.82 Å². The Bertz CT molecular complexity index is 1120. The van der Waals surface area contributed by atoms with Gasteiger partial charge in [0.1, 0.15) is 5.82 Å². The number of aromatic nitrogens is 1. The van der Waals surface area contributed by atoms with Crippen molar-refractivity contribution in [3.8, 4) is 16.9 Å². The van der Waals surface area contributed by atoms with Gasteiger partial charge < -0.3 is 15.0 Å². The summed E-state index contributed by atoms with van der Waals surface area (Å²) in [5.74, 6) is -0.760. The highest BCUT2D eigenvalue weighted by atomic mass is 35.5. The largest absolute Gasteiger partial charge is 0.488 e. The van der Waals surface area contributed by atoms with Crippen LogP contribution in [0.4, 0.5) is 10.1 Å². The summed E-state index contributed by atoms with van der Waals surface area (Å²) in [7, 11) is 0. The number of carbonyl (C=O) groups excluding carboxylic acids is 1. The molecule has 0 aliphatic rings. The van der Waals surface area contributed by atoms with E-state index in [1.54, 1.807) is 31.2 Å². The van der Waals surface area contributed by atoms with E-state index in [1.165, 1.54) is 24.4 Å². The Morgan fingerprint density at radius 1 is 1.10 bits per heavy atom. The lowest BCUT2D eigenvalue weighted by atomic mass is 10.0. The van der Waals surface area contributed by atoms with Gasteiger partial charge >= 0.3 is 0 Å². The second-order valence-corrected chi connectivity index (χ2v) is 6.99. The first-order chi connectivity index (χ1) is 13.9. The molecule has 0 atom stereocenters. The number of hydrogen-bond acceptors (Lipinski definition) is 3. The molecular formula is C21H17Cl2FN2O3. The van der Waals surface area contributed by atoms with Crippen LogP contribution < -0.4 is 15.6 Å². The minimum Gasteiger partial charge on any atom is -0.488 e. The number of aromatic amines is 1. The van der Waals surface area contributed by atoms with E-state index in [2.05, 4.69) is 10.3 Å². The molecule has 3 rings (SSSR count). The first kappa shape index (κ1) is 20.9. The number of carbonyl (C=O) groups is 1. The Morgan fingerprint density at radius 2 is 1.90 bits per heavy atom. The number of halogens is 3. The lowest BCUT2D eigenvalue weighted by molar-refractivity contribution is -0.115. The molecule has 3 aromatic rings. The van der Waals surface area contributed by atoms with Crippen molar-refractivity contribution in [2.24, 2.45) is 0 Å². The van der Waals surface area contributed by atoms with Crippen LogP contribution in [0.5, 0.6) is 5.75 Å². The summed E-state index contributed by atoms with van der Waals surface area (Å²) in [4.78, 5) is 26.5. The van der Waals surface area contributed by atoms with Crippen LogP contribution in [0.2, 0.25) is 10.0 Å². The molecule has 0 unspecified atom stereocenters. The second kappa shape index (κ2) is 9.11. The molecule has 2 aromatic carbocycles. The van der Waals surface area contributed by atoms with Crippen molar-refractivity contribution in [3.63, 3.8) is 0 Å². The third kappa shape index (κ3) is 5.16. The van der Waals surface area contributed by atoms with E-state index in [4.69, 9.17) is 27.9 Å². The molecule has 29 heavy (non-hydrogen) atoms. The van der Waals surface area contributed by atoms with Crippen LogP contribution in [-0.2, 0) is 11.2 Å². The number of anilines is 1. The second-order valence-electron chi connectivity index (χ2n) is 6.17. The molecule has 1 aromatic heterocycles. The van der Waals surface area contributed by atoms with Gasteiger partial charge in [-0.2, -0.15) is 0 Å². The van der Waals surface area contributed by atoms with Gasteiger partial charge in [-0.05, 0) is 48.4 Å². The van der Waals surface area contributed by atoms with Crippen molar-refractivity contribution in [2.45, 2.75) is 13.3 Å². The average molecular weight is 435 g/mol. The summed E-state index contributed by atoms with van der Waals surface area (Å²) in [6.45, 7) is 2.11. The lowest BCUT2D eigenvalue weighted by Crippen LogP contribution is -2.15. The Hall–Kier alpha value is -2.83. The number of ether oxygens (including phenoxy) is 1. The third-order valence-electron chi connectivity index (χ3n) is 4.11. The maximum atomic E-state index is 14.6. The fourth-order valence-corrected chi connectivity index (χ4v) is 3.01. The Balaban J connectivity index is 1.75. The Labute approximate surface area is 176 Å². The van der Waals surface area contributed by atoms with Crippen LogP contribution in [0.15, 0.2) is 53.5 Å². The minimum absolute atomic E-state index is 0.151. The molecular weight excluding hydrogens is 418 g/mol. The standard InChI is InChI=1S/C21H17Cl2FN2O3/c1-2-29-19-8-14(11-25-21(19)28)12-3-4-13(18(24)7-12)9-20(27)26-15-5-6-16(22)17(23)10-15/h3-8,10-11H,2,9H2,1H3,(H,25,28)(H,26,27). The van der Waals surface area contributed by atoms with Crippen molar-refractivity contribution in [1.29, 1.82) is 0 Å². The predicted octanol–water partition coefficient (Wildman–Crippen LogP) is 5.07. The molecule has 2 N–H and O–H groups in total. The van der Waals surface area contributed by atoms with Gasteiger partial charge in [0.05, 0.1) is 23.1 Å². The molecule has 0 radical (unpaired) electrons. The van der Waals surface area contributed by atoms with E-state index in [0.717, 1.165) is 0 Å². The van der Waals surface area contributed by atoms with E-state index < -0.39 is 11.7 Å². The molecule has 0 saturated heterocycles. The summed E-state index contributed by atoms with van der Waals surface area (Å²) in [5.41, 5.74) is 1.50. The van der Waals surface area contributed by atoms with Gasteiger partial charge in [0, 0.05) is 17.4 Å². The molecule has 1 heterocycles. The summed E-state index contributed by atoms with van der Waals surface area (Å²) in [5, 5.41) is 3.34. The van der Waals surface area contributed by atoms with Gasteiger partial charge in [-0.3, -0.25) is 9.59 Å². The first-order valence-corrected chi connectivity index (χ1v) is 9.52. The van der Waals surface area contributed by atoms with Gasteiger partial charge in [0.2, 0.25) is 5.91 Å². The van der Waals surface area contributed by atoms with Crippen LogP contribution in [0.3, 0.4) is 0 Å². The molecule has 0 bridgehead atoms. The minimum atomic E-state index is -0.532. The van der Waals surface area contributed by atoms with E-state index >= 15 is 0 Å². The highest BCUT2D eigenvalue weighted by Crippen LogP contribution is 2.26. The van der Waals surface area contributed by atoms with Crippen molar-refractivity contribution in [3.05, 3.63) is 80.4 Å². The highest BCUT2D eigenvalue weighted by Gasteiger charge is 2.12. The quantitative estimate of drug-likeness (QED) is 0.568. The molecule has 0 fully saturated rings. The molecule has 0 aliphatic heterocycles. The highest BCUT2D eigenvalue weighted by molar-refractivity contribution is 6.42. The predicted molar refractivity (Wildman–Crippen MR) is 112 cm³/mol. The molecule has 0 aliphatic carbocycles. The van der Waals surface area contributed by atoms with E-state index in [-0.39, 0.29) is 23.3 Å². The fraction of sp³-hybridized carbons (Fsp3) is 0.143. The van der Waals surface area contributed by atoms with Gasteiger partial charge in [0.25, 0.3) is 5.56 Å². The number of pyridine rings is 1. The molecule has 150 valence electrons. The number of nitrogens with one attached hydrogen (secondary N) is 2. The topological polar surface area (TPSA) is 71.2 Å². The molecule has 5 nitrogen and oxygen atoms in total. The third-order valence-corrected chi connectivity index (χ3v) is 4.85. The van der Waals surface area contributed by atoms with Crippen LogP contribution in [0.25, 0.3) is 11.1 Å². The summed E-state index contributed by atoms with van der Waals surface area (Å²) < 4.78 is 19.8. The average Bonchev–Trinajstić information content (AvgIpc) is 2.68. The van der Waals surface area contributed by atoms with Crippen LogP contribution in [0.1, 0.15) is 12.5 Å². The molecule has 0 saturated carbocycles. The fourth-order valence-electron chi connectivity index (χ4n) is 2.71. The maximum Gasteiger partial charge on any atom is 0.290 e. The summed E-state index contributed by atoms with van der Waals surface area (Å²) >= 11 is 11.8. The van der Waals surface area contributed by atoms with Crippen molar-refractivity contribution in [2.75, 3.05) is 11.9 Å². The molecule has 0 spiro atoms. The van der Waals surface area contributed by atoms with E-state index in [0.29, 0.717) is 33.5 Å². The zero-order valence-corrected chi connectivity index (χ0v) is 16.9. The van der Waals surface area contributed by atoms with Crippen molar-refractivity contribution < 1.29 is 13.9 Å². The smallest absolute Gasteiger partial charge is 0.290 e. The number of benzene rings is 2. The van der Waals surface area contributed by atoms with Gasteiger partial charge in [-0.25, -0.2) is 4.39 Å². The summed E-state index contributed by atoms with van der Waals surface area (Å²) in [6, 6.07) is 10.8. The Morgan fingerprint density at radius 3 is 2.59 bits per heavy atom. The monoisotopic (exact) mass is 434 g/mol. The van der Waals surface area contributed by atoms with Crippen molar-refractivity contribution in [1.82, 2.24) is 4.98 Å². The van der Waals surface area contributed by atoms with Crippen LogP contribution in [-0.4, -0.2) is 17.5 Å². The number of rotatable bonds is 6. The van der Waals surface area contributed by atoms with Gasteiger partial charge in [-0.15, -0.1) is 0 Å². The zero-order chi connectivity index (χ0) is 21.0. The number of H-pyrrole nitrogens is 1. The van der Waals surface area contributed by atoms with Gasteiger partial charge in [0.15, 0.2) is 5.75 Å². The number of hydrogen-bond donors (Lipinski definition) is 2. The lowest BCUT2D eigenvalue weighted by Gasteiger charge is -2.09. The van der Waals surface area contributed by atoms with Crippen LogP contribution >= 0.6 is 23.2 Å². The Kier molecular flexibility index (Phi) is 6.56. The first-order valence-electron chi connectivity index (χ1n) is 8.76. The SMILES string of the molecule is CCOc1cc(-c2ccc(CC(=O)Nc3ccc(Cl)c(Cl)c3)c(F)c2)c[nH]c1=O. The van der Waals surface area contributed by atoms with E-state index in [9.17, 15) is 14.0 Å². The maximum absolute atomic E-state index is 14.6. The zero-order valence-electron chi connectivity index (χ0n) is 15.4. The number of amides is 1. The molecule has 8 heteroatoms. The van der Waals surface area contributed by atoms with Crippen molar-refractivity contribution >= 4 is 34.8 Å². The molecule has 1 amide bonds.